The van der Waals surface area contributed by atoms with Gasteiger partial charge >= 0.3 is 6.09 Å². The Kier molecular flexibility index (Phi) is 6.35. The highest BCUT2D eigenvalue weighted by atomic mass is 79.9. The van der Waals surface area contributed by atoms with Crippen LogP contribution in [0.5, 0.6) is 5.06 Å². The second-order valence-corrected chi connectivity index (χ2v) is 10.6. The lowest BCUT2D eigenvalue weighted by Gasteiger charge is -2.20. The van der Waals surface area contributed by atoms with Gasteiger partial charge in [0, 0.05) is 36.5 Å². The van der Waals surface area contributed by atoms with E-state index in [1.807, 2.05) is 17.9 Å². The minimum Gasteiger partial charge on any atom is -0.399 e. The van der Waals surface area contributed by atoms with Gasteiger partial charge in [0.15, 0.2) is 5.06 Å². The van der Waals surface area contributed by atoms with Crippen LogP contribution in [0.15, 0.2) is 34.1 Å². The molecule has 0 unspecified atom stereocenters. The van der Waals surface area contributed by atoms with E-state index in [1.54, 1.807) is 40.9 Å². The zero-order valence-electron chi connectivity index (χ0n) is 16.2. The van der Waals surface area contributed by atoms with Gasteiger partial charge in [0.25, 0.3) is 5.91 Å². The van der Waals surface area contributed by atoms with Gasteiger partial charge in [-0.1, -0.05) is 11.3 Å². The van der Waals surface area contributed by atoms with E-state index in [1.165, 1.54) is 11.3 Å². The normalized spacial score (nSPS) is 18.7. The molecule has 2 fully saturated rings. The number of thioether (sulfide) groups is 1. The van der Waals surface area contributed by atoms with Crippen molar-refractivity contribution in [1.29, 1.82) is 0 Å². The number of nitrogens with one attached hydrogen (secondary N) is 1. The first kappa shape index (κ1) is 21.2. The zero-order valence-corrected chi connectivity index (χ0v) is 19.4. The summed E-state index contributed by atoms with van der Waals surface area (Å²) in [5.41, 5.74) is 2.22. The molecule has 1 aromatic heterocycles. The fourth-order valence-corrected chi connectivity index (χ4v) is 5.63. The highest BCUT2D eigenvalue weighted by Gasteiger charge is 2.32. The molecule has 3 amide bonds. The summed E-state index contributed by atoms with van der Waals surface area (Å²) in [6.07, 6.45) is -0.377. The molecular formula is C20H20BrN3O4S2. The van der Waals surface area contributed by atoms with Crippen LogP contribution in [0.3, 0.4) is 0 Å². The van der Waals surface area contributed by atoms with E-state index in [4.69, 9.17) is 4.74 Å². The van der Waals surface area contributed by atoms with Crippen molar-refractivity contribution in [1.82, 2.24) is 10.2 Å². The quantitative estimate of drug-likeness (QED) is 0.676. The topological polar surface area (TPSA) is 79.0 Å². The summed E-state index contributed by atoms with van der Waals surface area (Å²) in [5.74, 6) is 1.63. The van der Waals surface area contributed by atoms with Crippen molar-refractivity contribution < 1.29 is 19.1 Å². The fourth-order valence-electron chi connectivity index (χ4n) is 3.49. The third-order valence-electron chi connectivity index (χ3n) is 4.98. The van der Waals surface area contributed by atoms with Gasteiger partial charge in [-0.05, 0) is 58.7 Å². The van der Waals surface area contributed by atoms with Crippen molar-refractivity contribution >= 4 is 62.6 Å². The van der Waals surface area contributed by atoms with Crippen LogP contribution in [-0.4, -0.2) is 53.6 Å². The Labute approximate surface area is 190 Å². The molecule has 0 spiro atoms. The van der Waals surface area contributed by atoms with Gasteiger partial charge in [-0.25, -0.2) is 4.79 Å². The SMILES string of the molecule is Cc1cc(N2C[C@H](NC(=O)Oc3ccc(Br)s3)CC2=O)ccc1C(=O)N1CCSC1. The number of nitrogens with zero attached hydrogens (tertiary/aromatic N) is 2. The first-order chi connectivity index (χ1) is 14.4. The van der Waals surface area contributed by atoms with Crippen molar-refractivity contribution in [3.05, 3.63) is 45.2 Å². The predicted molar refractivity (Wildman–Crippen MR) is 121 cm³/mol. The molecule has 0 aliphatic carbocycles. The van der Waals surface area contributed by atoms with E-state index < -0.39 is 6.09 Å². The van der Waals surface area contributed by atoms with Crippen LogP contribution in [0.25, 0.3) is 0 Å². The maximum atomic E-state index is 12.7. The maximum absolute atomic E-state index is 12.7. The van der Waals surface area contributed by atoms with Gasteiger partial charge < -0.3 is 19.9 Å². The first-order valence-electron chi connectivity index (χ1n) is 9.42. The summed E-state index contributed by atoms with van der Waals surface area (Å²) in [5, 5.41) is 3.23. The minimum atomic E-state index is -0.579. The number of thiophene rings is 1. The Balaban J connectivity index is 1.39. The van der Waals surface area contributed by atoms with Crippen molar-refractivity contribution in [2.45, 2.75) is 19.4 Å². The fraction of sp³-hybridized carbons (Fsp3) is 0.350. The smallest absolute Gasteiger partial charge is 0.399 e. The number of hydrogen-bond donors (Lipinski definition) is 1. The van der Waals surface area contributed by atoms with Gasteiger partial charge in [0.2, 0.25) is 5.91 Å². The molecule has 2 saturated heterocycles. The third kappa shape index (κ3) is 4.65. The molecule has 0 saturated carbocycles. The number of carbonyl (C=O) groups excluding carboxylic acids is 3. The molecule has 1 atom stereocenters. The number of amides is 3. The molecule has 2 aromatic rings. The molecule has 0 bridgehead atoms. The first-order valence-corrected chi connectivity index (χ1v) is 12.2. The van der Waals surface area contributed by atoms with Crippen LogP contribution >= 0.6 is 39.0 Å². The Morgan fingerprint density at radius 2 is 2.10 bits per heavy atom. The summed E-state index contributed by atoms with van der Waals surface area (Å²) < 4.78 is 6.12. The number of ether oxygens (including phenoxy) is 1. The molecule has 158 valence electrons. The lowest BCUT2D eigenvalue weighted by atomic mass is 10.1. The van der Waals surface area contributed by atoms with Crippen LogP contribution in [0, 0.1) is 6.92 Å². The molecule has 0 radical (unpaired) electrons. The van der Waals surface area contributed by atoms with Crippen molar-refractivity contribution in [3.8, 4) is 5.06 Å². The van der Waals surface area contributed by atoms with Crippen LogP contribution in [0.1, 0.15) is 22.3 Å². The molecule has 1 N–H and O–H groups in total. The van der Waals surface area contributed by atoms with E-state index in [9.17, 15) is 14.4 Å². The summed E-state index contributed by atoms with van der Waals surface area (Å²) >= 11 is 6.38. The molecule has 7 nitrogen and oxygen atoms in total. The van der Waals surface area contributed by atoms with Gasteiger partial charge in [-0.3, -0.25) is 9.59 Å². The highest BCUT2D eigenvalue weighted by molar-refractivity contribution is 9.11. The molecule has 10 heteroatoms. The van der Waals surface area contributed by atoms with Crippen LogP contribution in [0.2, 0.25) is 0 Å². The molecule has 1 aromatic carbocycles. The van der Waals surface area contributed by atoms with E-state index in [0.717, 1.165) is 33.2 Å². The van der Waals surface area contributed by atoms with Crippen molar-refractivity contribution in [3.63, 3.8) is 0 Å². The average Bonchev–Trinajstić information content (AvgIpc) is 3.43. The lowest BCUT2D eigenvalue weighted by molar-refractivity contribution is -0.117. The Bertz CT molecular complexity index is 990. The number of halogens is 1. The second-order valence-electron chi connectivity index (χ2n) is 7.10. The number of rotatable bonds is 4. The van der Waals surface area contributed by atoms with Crippen molar-refractivity contribution in [2.75, 3.05) is 29.6 Å². The Hall–Kier alpha value is -2.04. The summed E-state index contributed by atoms with van der Waals surface area (Å²) in [7, 11) is 0. The van der Waals surface area contributed by atoms with Crippen LogP contribution in [0.4, 0.5) is 10.5 Å². The van der Waals surface area contributed by atoms with Gasteiger partial charge in [0.1, 0.15) is 0 Å². The molecule has 3 heterocycles. The largest absolute Gasteiger partial charge is 0.413 e. The predicted octanol–water partition coefficient (Wildman–Crippen LogP) is 3.86. The number of anilines is 1. The van der Waals surface area contributed by atoms with Crippen molar-refractivity contribution in [2.24, 2.45) is 0 Å². The van der Waals surface area contributed by atoms with E-state index in [0.29, 0.717) is 17.2 Å². The minimum absolute atomic E-state index is 0.0271. The Morgan fingerprint density at radius 1 is 1.27 bits per heavy atom. The number of aryl methyl sites for hydroxylation is 1. The van der Waals surface area contributed by atoms with E-state index >= 15 is 0 Å². The average molecular weight is 510 g/mol. The van der Waals surface area contributed by atoms with Crippen LogP contribution in [-0.2, 0) is 4.79 Å². The molecule has 4 rings (SSSR count). The van der Waals surface area contributed by atoms with Gasteiger partial charge in [-0.2, -0.15) is 0 Å². The summed E-state index contributed by atoms with van der Waals surface area (Å²) in [4.78, 5) is 40.8. The summed E-state index contributed by atoms with van der Waals surface area (Å²) in [6.45, 7) is 3.01. The number of carbonyl (C=O) groups is 3. The Morgan fingerprint density at radius 3 is 2.77 bits per heavy atom. The second kappa shape index (κ2) is 8.99. The van der Waals surface area contributed by atoms with E-state index in [2.05, 4.69) is 21.2 Å². The summed E-state index contributed by atoms with van der Waals surface area (Å²) in [6, 6.07) is 8.60. The van der Waals surface area contributed by atoms with Crippen LogP contribution < -0.4 is 15.0 Å². The molecule has 2 aliphatic heterocycles. The highest BCUT2D eigenvalue weighted by Crippen LogP contribution is 2.29. The molecular weight excluding hydrogens is 490 g/mol. The van der Waals surface area contributed by atoms with E-state index in [-0.39, 0.29) is 24.3 Å². The molecule has 30 heavy (non-hydrogen) atoms. The van der Waals surface area contributed by atoms with Gasteiger partial charge in [-0.15, -0.1) is 11.8 Å². The monoisotopic (exact) mass is 509 g/mol. The van der Waals surface area contributed by atoms with Gasteiger partial charge in [0.05, 0.1) is 15.7 Å². The third-order valence-corrected chi connectivity index (χ3v) is 7.45. The standard InChI is InChI=1S/C20H20BrN3O4S2/c1-12-8-14(2-3-15(12)19(26)23-6-7-29-11-23)24-10-13(9-17(24)25)22-20(27)28-18-5-4-16(21)30-18/h2-5,8,13H,6-7,9-11H2,1H3,(H,22,27)/t13-/m1/s1. The molecule has 2 aliphatic rings. The zero-order chi connectivity index (χ0) is 21.3. The number of benzene rings is 1. The number of hydrogen-bond acceptors (Lipinski definition) is 6. The maximum Gasteiger partial charge on any atom is 0.413 e. The lowest BCUT2D eigenvalue weighted by Crippen LogP contribution is -2.38.